The molecule has 0 atom stereocenters. The van der Waals surface area contributed by atoms with Gasteiger partial charge in [0.2, 0.25) is 0 Å². The Labute approximate surface area is 642 Å². The van der Waals surface area contributed by atoms with E-state index in [9.17, 15) is 44.4 Å². The molecule has 6 fully saturated rings. The van der Waals surface area contributed by atoms with Crippen molar-refractivity contribution in [3.8, 4) is 0 Å². The molecule has 6 aliphatic rings. The highest BCUT2D eigenvalue weighted by molar-refractivity contribution is 8.13. The highest BCUT2D eigenvalue weighted by Gasteiger charge is 2.45. The van der Waals surface area contributed by atoms with Gasteiger partial charge in [-0.1, -0.05) is 29.5 Å². The van der Waals surface area contributed by atoms with Gasteiger partial charge in [-0.3, -0.25) is 23.4 Å². The molecule has 21 nitrogen and oxygen atoms in total. The smallest absolute Gasteiger partial charge is 0.326 e. The van der Waals surface area contributed by atoms with E-state index in [2.05, 4.69) is 58.9 Å². The number of aliphatic hydroxyl groups excluding tert-OH is 1. The average molecular weight is 1460 g/mol. The lowest BCUT2D eigenvalue weighted by molar-refractivity contribution is -0.148. The molecule has 0 bridgehead atoms. The molecule has 33 radical (unpaired) electrons. The number of sulfone groups is 2. The van der Waals surface area contributed by atoms with E-state index in [-0.39, 0.29) is 72.8 Å². The summed E-state index contributed by atoms with van der Waals surface area (Å²) >= 11 is 1.44. The normalized spacial score (nSPS) is 16.7. The molecule has 2 N–H and O–H groups in total. The van der Waals surface area contributed by atoms with Crippen molar-refractivity contribution in [3.05, 3.63) is 29.8 Å². The first kappa shape index (κ1) is 109. The number of hydrogen-bond acceptors (Lipinski definition) is 21. The lowest BCUT2D eigenvalue weighted by Gasteiger charge is -2.27. The molecular formula is C56H96B21O21S4. The molecule has 0 spiro atoms. The zero-order chi connectivity index (χ0) is 78.3. The number of esters is 2. The van der Waals surface area contributed by atoms with E-state index in [1.54, 1.807) is 38.1 Å². The Bertz CT molecular complexity index is 2580. The fraction of sp³-hybridized carbons (Fsp3) is 0.821. The first-order valence-electron chi connectivity index (χ1n) is 33.3. The third kappa shape index (κ3) is 55.0. The minimum absolute atomic E-state index is 0. The number of rotatable bonds is 19. The van der Waals surface area contributed by atoms with Crippen LogP contribution in [-0.2, 0) is 91.0 Å². The largest absolute Gasteiger partial charge is 0.480 e. The van der Waals surface area contributed by atoms with Crippen LogP contribution in [0.1, 0.15) is 124 Å². The van der Waals surface area contributed by atoms with E-state index in [1.807, 2.05) is 6.92 Å². The number of carboxylic acids is 1. The summed E-state index contributed by atoms with van der Waals surface area (Å²) < 4.78 is 115. The van der Waals surface area contributed by atoms with Crippen LogP contribution in [0.5, 0.6) is 0 Å². The topological polar surface area (TPSA) is 294 Å². The molecule has 0 aliphatic carbocycles. The average Bonchev–Trinajstić information content (AvgIpc) is 0.806. The van der Waals surface area contributed by atoms with Gasteiger partial charge < -0.3 is 48.1 Å². The Balaban J connectivity index is -0.000000354. The molecule has 46 heteroatoms. The van der Waals surface area contributed by atoms with E-state index in [4.69, 9.17) is 102 Å². The Morgan fingerprint density at radius 3 is 1.18 bits per heavy atom. The minimum Gasteiger partial charge on any atom is -0.480 e. The number of aliphatic hydroxyl groups is 1. The molecule has 0 amide bonds. The summed E-state index contributed by atoms with van der Waals surface area (Å²) in [5.74, 6) is 0.588. The van der Waals surface area contributed by atoms with Crippen LogP contribution in [0.4, 0.5) is 0 Å². The Morgan fingerprint density at radius 2 is 0.892 bits per heavy atom. The summed E-state index contributed by atoms with van der Waals surface area (Å²) in [6.07, 6.45) is 8.21. The van der Waals surface area contributed by atoms with Crippen molar-refractivity contribution in [3.63, 3.8) is 0 Å². The van der Waals surface area contributed by atoms with Crippen molar-refractivity contribution >= 4 is 221 Å². The van der Waals surface area contributed by atoms with Crippen LogP contribution < -0.4 is 0 Å². The number of aryl methyl sites for hydroxylation is 1. The Morgan fingerprint density at radius 1 is 0.578 bits per heavy atom. The molecule has 6 aliphatic heterocycles. The number of thioether (sulfide) groups is 1. The van der Waals surface area contributed by atoms with Crippen molar-refractivity contribution < 1.29 is 96.7 Å². The second-order valence-corrected chi connectivity index (χ2v) is 32.5. The monoisotopic (exact) mass is 1460 g/mol. The second-order valence-electron chi connectivity index (χ2n) is 24.5. The van der Waals surface area contributed by atoms with Gasteiger partial charge in [-0.15, -0.1) is 0 Å². The first-order chi connectivity index (χ1) is 47.3. The van der Waals surface area contributed by atoms with E-state index in [0.717, 1.165) is 109 Å². The predicted octanol–water partition coefficient (Wildman–Crippen LogP) is -1.33. The summed E-state index contributed by atoms with van der Waals surface area (Å²) in [4.78, 5) is 44.4. The van der Waals surface area contributed by atoms with Crippen LogP contribution in [0.2, 0.25) is 0 Å². The van der Waals surface area contributed by atoms with Gasteiger partial charge in [0, 0.05) is 255 Å². The van der Waals surface area contributed by atoms with Crippen molar-refractivity contribution in [2.75, 3.05) is 123 Å². The fourth-order valence-electron chi connectivity index (χ4n) is 8.48. The maximum absolute atomic E-state index is 12.3. The second kappa shape index (κ2) is 64.4. The van der Waals surface area contributed by atoms with Crippen molar-refractivity contribution in [2.24, 2.45) is 35.5 Å². The van der Waals surface area contributed by atoms with Crippen LogP contribution in [-0.4, -0.2) is 348 Å². The van der Waals surface area contributed by atoms with Gasteiger partial charge in [-0.05, 0) is 160 Å². The Hall–Kier alpha value is -1.46. The molecule has 1 aromatic rings. The van der Waals surface area contributed by atoms with Crippen molar-refractivity contribution in [1.82, 2.24) is 0 Å². The molecule has 1 aromatic carbocycles. The maximum Gasteiger partial charge on any atom is 0.326 e. The lowest BCUT2D eigenvalue weighted by atomic mass is 8.81. The number of aliphatic carboxylic acids is 1. The minimum atomic E-state index is -3.62. The van der Waals surface area contributed by atoms with Crippen molar-refractivity contribution in [2.45, 2.75) is 140 Å². The van der Waals surface area contributed by atoms with Crippen molar-refractivity contribution in [1.29, 1.82) is 0 Å². The maximum atomic E-state index is 12.3. The van der Waals surface area contributed by atoms with Gasteiger partial charge in [-0.25, -0.2) is 16.8 Å². The van der Waals surface area contributed by atoms with Crippen LogP contribution >= 0.6 is 11.8 Å². The quantitative estimate of drug-likeness (QED) is 0.0922. The molecule has 6 saturated heterocycles. The van der Waals surface area contributed by atoms with Gasteiger partial charge in [0.05, 0.1) is 42.6 Å². The molecule has 0 aromatic heterocycles. The molecule has 6 heterocycles. The van der Waals surface area contributed by atoms with Gasteiger partial charge in [0.1, 0.15) is 0 Å². The van der Waals surface area contributed by atoms with Crippen LogP contribution in [0.25, 0.3) is 0 Å². The molecular weight excluding hydrogens is 1360 g/mol. The summed E-state index contributed by atoms with van der Waals surface area (Å²) in [5.41, 5.74) is 1.03. The van der Waals surface area contributed by atoms with E-state index in [0.29, 0.717) is 84.1 Å². The molecule has 0 saturated carbocycles. The zero-order valence-electron chi connectivity index (χ0n) is 61.4. The van der Waals surface area contributed by atoms with Crippen LogP contribution in [0.3, 0.4) is 0 Å². The van der Waals surface area contributed by atoms with Gasteiger partial charge >= 0.3 is 17.9 Å². The molecule has 0 unspecified atom stereocenters. The summed E-state index contributed by atoms with van der Waals surface area (Å²) in [7, 11) is 58.3. The third-order valence-electron chi connectivity index (χ3n) is 15.4. The molecule has 102 heavy (non-hydrogen) atoms. The number of carbonyl (C=O) groups is 4. The highest BCUT2D eigenvalue weighted by Crippen LogP contribution is 2.28. The van der Waals surface area contributed by atoms with E-state index >= 15 is 0 Å². The third-order valence-corrected chi connectivity index (χ3v) is 23.0. The molecule has 7 rings (SSSR count). The Kier molecular flexibility index (Phi) is 68.9. The number of carbonyl (C=O) groups excluding carboxylic acids is 3. The summed E-state index contributed by atoms with van der Waals surface area (Å²) in [6.45, 7) is 19.8. The van der Waals surface area contributed by atoms with Crippen LogP contribution in [0.15, 0.2) is 29.2 Å². The first-order valence-corrected chi connectivity index (χ1v) is 39.0. The van der Waals surface area contributed by atoms with Gasteiger partial charge in [-0.2, -0.15) is 8.42 Å². The number of methoxy groups -OCH3 is 1. The van der Waals surface area contributed by atoms with Gasteiger partial charge in [0.15, 0.2) is 34.3 Å². The van der Waals surface area contributed by atoms with Crippen LogP contribution in [0, 0.1) is 42.4 Å². The fourth-order valence-corrected chi connectivity index (χ4v) is 13.6. The predicted molar refractivity (Wildman–Crippen MR) is 429 cm³/mol. The van der Waals surface area contributed by atoms with Gasteiger partial charge in [0.25, 0.3) is 10.1 Å². The number of hydrogen-bond donors (Lipinski definition) is 2. The summed E-state index contributed by atoms with van der Waals surface area (Å²) in [6, 6.07) is 6.69. The van der Waals surface area contributed by atoms with E-state index < -0.39 is 76.8 Å². The number of carboxylic acid groups (broad SMARTS) is 1. The SMILES string of the molecule is CC(=O)SCC1CCOCC1.CC(C)(C(=O)O)S(=O)(=O)CC1CCOCC1.CCOC(=O)C(C)(C)S(=O)(=O)CC1CCOCC1.COC(=O)C1CCOCC1.Cc1ccc(S(=O)(=O)OCC2CCOCC2)cc1.OCC1CCOCC1.[B].[B]B([B])B([B])[B].[B]B([B])[B].[B][B].[B][B]B([B])[B].[B][B][B]. The number of ether oxygens (including phenoxy) is 8. The zero-order valence-corrected chi connectivity index (χ0v) is 64.7. The summed E-state index contributed by atoms with van der Waals surface area (Å²) in [5, 5.41) is 17.8. The molecule has 533 valence electrons. The lowest BCUT2D eigenvalue weighted by Crippen LogP contribution is -2.45. The van der Waals surface area contributed by atoms with E-state index in [1.165, 1.54) is 53.6 Å². The standard InChI is InChI=1S/C13H18O4S.C12H22O5S.C10H18O5S.C8H14O2S.C7H12O3.C6H12O2.B6.B5.B4.B3.B2.B/c1-11-2-4-13(5-3-11)18(14,15)17-10-12-6-8-16-9-7-12;1-4-17-11(13)12(2,3)18(14,15)9-10-5-7-16-8-6-10;1-10(2,9(11)12)16(13,14)7-8-3-5-15-6-4-8;1-7(9)11-6-8-2-4-10-5-3-8;1-9-7(8)6-2-4-10-5-3-6;7-5-6-1-3-8-4-2-6;1-5(2)6(3)4;1-4-5(2)3;1-4(2)3;1-3-2;1-2;/h2-5,12H,6-10H2,1H3;10H,4-9H2,1-3H3;8H,3-7H2,1-2H3,(H,11,12);8H,2-6H2,1H3;6H,2-5H2,1H3;6-7H,1-5H2;;;;;;. The highest BCUT2D eigenvalue weighted by atomic mass is 32.2. The number of benzene rings is 1.